The number of hydrogen-bond acceptors (Lipinski definition) is 4. The van der Waals surface area contributed by atoms with E-state index in [1.54, 1.807) is 26.4 Å². The third kappa shape index (κ3) is 4.47. The second kappa shape index (κ2) is 9.37. The van der Waals surface area contributed by atoms with Gasteiger partial charge >= 0.3 is 0 Å². The quantitative estimate of drug-likeness (QED) is 0.584. The van der Waals surface area contributed by atoms with E-state index in [4.69, 9.17) is 33.5 Å². The Morgan fingerprint density at radius 1 is 1.09 bits per heavy atom. The van der Waals surface area contributed by atoms with Crippen molar-refractivity contribution in [3.05, 3.63) is 23.3 Å². The summed E-state index contributed by atoms with van der Waals surface area (Å²) in [5, 5.41) is 3.09. The van der Waals surface area contributed by atoms with Gasteiger partial charge in [0.2, 0.25) is 0 Å². The van der Waals surface area contributed by atoms with Crippen LogP contribution in [0.25, 0.3) is 0 Å². The average Bonchev–Trinajstić information content (AvgIpc) is 2.56. The number of terminal acetylenes is 3. The minimum atomic E-state index is -0.338. The largest absolute Gasteiger partial charge is 0.493 e. The van der Waals surface area contributed by atoms with Gasteiger partial charge in [0.05, 0.1) is 26.9 Å². The second-order valence-electron chi connectivity index (χ2n) is 4.28. The van der Waals surface area contributed by atoms with E-state index in [-0.39, 0.29) is 12.7 Å². The van der Waals surface area contributed by atoms with E-state index in [1.165, 1.54) is 0 Å². The van der Waals surface area contributed by atoms with E-state index in [1.807, 2.05) is 0 Å². The van der Waals surface area contributed by atoms with Crippen molar-refractivity contribution in [2.45, 2.75) is 6.10 Å². The zero-order chi connectivity index (χ0) is 16.4. The van der Waals surface area contributed by atoms with Crippen molar-refractivity contribution in [3.63, 3.8) is 0 Å². The van der Waals surface area contributed by atoms with Crippen LogP contribution in [0.3, 0.4) is 0 Å². The maximum absolute atomic E-state index is 5.68. The third-order valence-electron chi connectivity index (χ3n) is 2.98. The molecule has 0 aliphatic heterocycles. The van der Waals surface area contributed by atoms with Crippen molar-refractivity contribution >= 4 is 0 Å². The van der Waals surface area contributed by atoms with Crippen LogP contribution in [0.4, 0.5) is 0 Å². The van der Waals surface area contributed by atoms with Crippen molar-refractivity contribution < 1.29 is 14.2 Å². The lowest BCUT2D eigenvalue weighted by Crippen LogP contribution is -2.24. The molecule has 1 unspecified atom stereocenters. The molecule has 0 aromatic heterocycles. The van der Waals surface area contributed by atoms with Crippen LogP contribution < -0.4 is 14.8 Å². The standard InChI is InChI=1S/C18H19NO3/c1-6-9-19-13-18(22-10-7-2)15-12-17(21-5)16(20-4)11-14(15)8-3/h1-3,11-12,18-19H,9-10,13H2,4-5H3. The number of benzene rings is 1. The summed E-state index contributed by atoms with van der Waals surface area (Å²) in [4.78, 5) is 0. The SMILES string of the molecule is C#CCNCC(OCC#C)c1cc(OC)c(OC)cc1C#C. The van der Waals surface area contributed by atoms with E-state index < -0.39 is 0 Å². The van der Waals surface area contributed by atoms with Gasteiger partial charge in [0, 0.05) is 17.7 Å². The molecule has 1 atom stereocenters. The molecule has 0 bridgehead atoms. The van der Waals surface area contributed by atoms with E-state index in [9.17, 15) is 0 Å². The molecular formula is C18H19NO3. The molecule has 0 saturated heterocycles. The third-order valence-corrected chi connectivity index (χ3v) is 2.98. The molecule has 1 rings (SSSR count). The maximum atomic E-state index is 5.68. The molecule has 0 spiro atoms. The molecule has 1 N–H and O–H groups in total. The molecule has 0 saturated carbocycles. The smallest absolute Gasteiger partial charge is 0.161 e. The van der Waals surface area contributed by atoms with Crippen LogP contribution in [0.2, 0.25) is 0 Å². The van der Waals surface area contributed by atoms with E-state index >= 15 is 0 Å². The number of hydrogen-bond donors (Lipinski definition) is 1. The van der Waals surface area contributed by atoms with Gasteiger partial charge in [-0.1, -0.05) is 17.8 Å². The van der Waals surface area contributed by atoms with Crippen LogP contribution >= 0.6 is 0 Å². The van der Waals surface area contributed by atoms with Crippen LogP contribution in [-0.4, -0.2) is 33.9 Å². The Morgan fingerprint density at radius 2 is 1.77 bits per heavy atom. The predicted molar refractivity (Wildman–Crippen MR) is 86.7 cm³/mol. The molecular weight excluding hydrogens is 278 g/mol. The fourth-order valence-corrected chi connectivity index (χ4v) is 1.97. The first-order chi connectivity index (χ1) is 10.7. The second-order valence-corrected chi connectivity index (χ2v) is 4.28. The molecule has 114 valence electrons. The molecule has 22 heavy (non-hydrogen) atoms. The zero-order valence-corrected chi connectivity index (χ0v) is 12.8. The lowest BCUT2D eigenvalue weighted by atomic mass is 10.0. The van der Waals surface area contributed by atoms with Gasteiger partial charge < -0.3 is 19.5 Å². The molecule has 0 aliphatic carbocycles. The van der Waals surface area contributed by atoms with Crippen molar-refractivity contribution in [3.8, 4) is 48.5 Å². The topological polar surface area (TPSA) is 39.7 Å². The first kappa shape index (κ1) is 17.5. The Hall–Kier alpha value is -2.58. The highest BCUT2D eigenvalue weighted by molar-refractivity contribution is 5.53. The Balaban J connectivity index is 3.18. The highest BCUT2D eigenvalue weighted by atomic mass is 16.5. The highest BCUT2D eigenvalue weighted by Crippen LogP contribution is 2.34. The summed E-state index contributed by atoms with van der Waals surface area (Å²) in [5.41, 5.74) is 1.45. The van der Waals surface area contributed by atoms with Crippen molar-refractivity contribution in [2.75, 3.05) is 33.9 Å². The first-order valence-corrected chi connectivity index (χ1v) is 6.63. The molecule has 4 nitrogen and oxygen atoms in total. The van der Waals surface area contributed by atoms with Crippen LogP contribution in [0, 0.1) is 37.0 Å². The minimum absolute atomic E-state index is 0.167. The van der Waals surface area contributed by atoms with Gasteiger partial charge in [-0.3, -0.25) is 0 Å². The van der Waals surface area contributed by atoms with Gasteiger partial charge in [-0.05, 0) is 12.1 Å². The summed E-state index contributed by atoms with van der Waals surface area (Å²) in [7, 11) is 3.11. The van der Waals surface area contributed by atoms with Crippen molar-refractivity contribution in [1.29, 1.82) is 0 Å². The summed E-state index contributed by atoms with van der Waals surface area (Å²) in [6.07, 6.45) is 15.8. The number of nitrogens with one attached hydrogen (secondary N) is 1. The monoisotopic (exact) mass is 297 g/mol. The lowest BCUT2D eigenvalue weighted by molar-refractivity contribution is 0.0780. The van der Waals surface area contributed by atoms with Gasteiger partial charge in [0.15, 0.2) is 11.5 Å². The Kier molecular flexibility index (Phi) is 7.44. The molecule has 0 fully saturated rings. The Bertz CT molecular complexity index is 617. The summed E-state index contributed by atoms with van der Waals surface area (Å²) < 4.78 is 16.3. The van der Waals surface area contributed by atoms with Gasteiger partial charge in [-0.15, -0.1) is 19.3 Å². The molecule has 1 aromatic rings. The van der Waals surface area contributed by atoms with E-state index in [0.717, 1.165) is 5.56 Å². The fourth-order valence-electron chi connectivity index (χ4n) is 1.97. The van der Waals surface area contributed by atoms with Crippen LogP contribution in [-0.2, 0) is 4.74 Å². The Labute approximate surface area is 132 Å². The molecule has 0 amide bonds. The van der Waals surface area contributed by atoms with Crippen LogP contribution in [0.15, 0.2) is 12.1 Å². The zero-order valence-electron chi connectivity index (χ0n) is 12.8. The number of methoxy groups -OCH3 is 2. The first-order valence-electron chi connectivity index (χ1n) is 6.63. The van der Waals surface area contributed by atoms with Crippen molar-refractivity contribution in [2.24, 2.45) is 0 Å². The molecule has 4 heteroatoms. The Morgan fingerprint density at radius 3 is 2.32 bits per heavy atom. The fraction of sp³-hybridized carbons (Fsp3) is 0.333. The number of ether oxygens (including phenoxy) is 3. The van der Waals surface area contributed by atoms with Gasteiger partial charge in [0.1, 0.15) is 6.61 Å². The molecule has 1 aromatic carbocycles. The normalized spacial score (nSPS) is 10.9. The average molecular weight is 297 g/mol. The molecule has 0 aliphatic rings. The predicted octanol–water partition coefficient (Wildman–Crippen LogP) is 1.60. The van der Waals surface area contributed by atoms with Crippen LogP contribution in [0.5, 0.6) is 11.5 Å². The van der Waals surface area contributed by atoms with Gasteiger partial charge in [-0.2, -0.15) is 0 Å². The summed E-state index contributed by atoms with van der Waals surface area (Å²) >= 11 is 0. The lowest BCUT2D eigenvalue weighted by Gasteiger charge is -2.20. The van der Waals surface area contributed by atoms with Crippen LogP contribution in [0.1, 0.15) is 17.2 Å². The minimum Gasteiger partial charge on any atom is -0.493 e. The summed E-state index contributed by atoms with van der Waals surface area (Å²) in [6, 6.07) is 3.54. The summed E-state index contributed by atoms with van der Waals surface area (Å²) in [6.45, 7) is 1.07. The van der Waals surface area contributed by atoms with Gasteiger partial charge in [-0.25, -0.2) is 0 Å². The van der Waals surface area contributed by atoms with E-state index in [2.05, 4.69) is 23.1 Å². The maximum Gasteiger partial charge on any atom is 0.161 e. The highest BCUT2D eigenvalue weighted by Gasteiger charge is 2.19. The summed E-state index contributed by atoms with van der Waals surface area (Å²) in [5.74, 6) is 8.72. The number of rotatable bonds is 8. The van der Waals surface area contributed by atoms with Crippen molar-refractivity contribution in [1.82, 2.24) is 5.32 Å². The molecule has 0 heterocycles. The molecule has 0 radical (unpaired) electrons. The van der Waals surface area contributed by atoms with E-state index in [0.29, 0.717) is 30.2 Å². The van der Waals surface area contributed by atoms with Gasteiger partial charge in [0.25, 0.3) is 0 Å².